The number of benzene rings is 2. The molecule has 0 spiro atoms. The lowest BCUT2D eigenvalue weighted by Crippen LogP contribution is -2.35. The van der Waals surface area contributed by atoms with Gasteiger partial charge in [0.15, 0.2) is 6.61 Å². The molecule has 0 aliphatic rings. The van der Waals surface area contributed by atoms with Gasteiger partial charge in [0.05, 0.1) is 6.54 Å². The molecular weight excluding hydrogens is 408 g/mol. The van der Waals surface area contributed by atoms with E-state index < -0.39 is 18.5 Å². The van der Waals surface area contributed by atoms with Crippen LogP contribution in [0, 0.1) is 13.8 Å². The molecule has 0 aliphatic heterocycles. The second-order valence-electron chi connectivity index (χ2n) is 8.48. The molecular formula is C25H32N2O5. The number of hydrogen-bond donors (Lipinski definition) is 3. The number of carbonyl (C=O) groups is 3. The molecule has 3 N–H and O–H groups in total. The van der Waals surface area contributed by atoms with Crippen molar-refractivity contribution in [2.24, 2.45) is 0 Å². The molecule has 0 atom stereocenters. The summed E-state index contributed by atoms with van der Waals surface area (Å²) in [5.74, 6) is -1.76. The maximum Gasteiger partial charge on any atom is 0.342 e. The van der Waals surface area contributed by atoms with Crippen LogP contribution in [0.1, 0.15) is 72.1 Å². The summed E-state index contributed by atoms with van der Waals surface area (Å²) in [6, 6.07) is 9.13. The predicted octanol–water partition coefficient (Wildman–Crippen LogP) is 4.17. The minimum absolute atomic E-state index is 0.0129. The van der Waals surface area contributed by atoms with E-state index in [0.29, 0.717) is 11.3 Å². The van der Waals surface area contributed by atoms with Gasteiger partial charge < -0.3 is 20.5 Å². The van der Waals surface area contributed by atoms with Crippen molar-refractivity contribution < 1.29 is 24.2 Å². The third-order valence-corrected chi connectivity index (χ3v) is 5.20. The zero-order chi connectivity index (χ0) is 24.0. The van der Waals surface area contributed by atoms with Crippen molar-refractivity contribution in [3.63, 3.8) is 0 Å². The van der Waals surface area contributed by atoms with Crippen molar-refractivity contribution in [1.29, 1.82) is 0 Å². The molecule has 0 bridgehead atoms. The number of esters is 1. The quantitative estimate of drug-likeness (QED) is 0.535. The van der Waals surface area contributed by atoms with Gasteiger partial charge in [-0.1, -0.05) is 52.0 Å². The van der Waals surface area contributed by atoms with Gasteiger partial charge in [-0.15, -0.1) is 0 Å². The predicted molar refractivity (Wildman–Crippen MR) is 124 cm³/mol. The molecule has 2 amide bonds. The van der Waals surface area contributed by atoms with Crippen LogP contribution in [0.3, 0.4) is 0 Å². The fourth-order valence-electron chi connectivity index (χ4n) is 3.24. The summed E-state index contributed by atoms with van der Waals surface area (Å²) in [7, 11) is 0. The van der Waals surface area contributed by atoms with Crippen LogP contribution in [0.15, 0.2) is 30.3 Å². The molecule has 0 fully saturated rings. The van der Waals surface area contributed by atoms with E-state index in [0.717, 1.165) is 16.7 Å². The normalized spacial score (nSPS) is 10.9. The third kappa shape index (κ3) is 6.33. The smallest absolute Gasteiger partial charge is 0.342 e. The van der Waals surface area contributed by atoms with E-state index in [1.807, 2.05) is 65.8 Å². The number of carbonyl (C=O) groups excluding carboxylic acids is 3. The zero-order valence-electron chi connectivity index (χ0n) is 19.5. The summed E-state index contributed by atoms with van der Waals surface area (Å²) in [5.41, 5.74) is 4.12. The number of anilines is 1. The Morgan fingerprint density at radius 1 is 0.969 bits per heavy atom. The zero-order valence-corrected chi connectivity index (χ0v) is 19.5. The van der Waals surface area contributed by atoms with Crippen LogP contribution < -0.4 is 10.6 Å². The van der Waals surface area contributed by atoms with E-state index in [9.17, 15) is 19.5 Å². The number of phenolic OH excluding ortho intramolecular Hbond substituents is 1. The maximum atomic E-state index is 12.5. The van der Waals surface area contributed by atoms with Crippen LogP contribution in [-0.2, 0) is 14.3 Å². The van der Waals surface area contributed by atoms with Gasteiger partial charge in [0.1, 0.15) is 11.3 Å². The van der Waals surface area contributed by atoms with Crippen LogP contribution >= 0.6 is 0 Å². The number of phenols is 1. The first-order chi connectivity index (χ1) is 15.0. The monoisotopic (exact) mass is 440 g/mol. The molecule has 7 nitrogen and oxygen atoms in total. The lowest BCUT2D eigenvalue weighted by atomic mass is 9.92. The molecule has 0 heterocycles. The lowest BCUT2D eigenvalue weighted by molar-refractivity contribution is -0.126. The van der Waals surface area contributed by atoms with E-state index in [1.165, 1.54) is 0 Å². The summed E-state index contributed by atoms with van der Waals surface area (Å²) in [6.07, 6.45) is 0. The topological polar surface area (TPSA) is 105 Å². The number of rotatable bonds is 8. The Labute approximate surface area is 189 Å². The van der Waals surface area contributed by atoms with E-state index in [1.54, 1.807) is 6.07 Å². The van der Waals surface area contributed by atoms with E-state index in [-0.39, 0.29) is 35.6 Å². The van der Waals surface area contributed by atoms with Gasteiger partial charge in [0.25, 0.3) is 5.91 Å². The summed E-state index contributed by atoms with van der Waals surface area (Å²) in [5, 5.41) is 15.7. The second-order valence-corrected chi connectivity index (χ2v) is 8.48. The largest absolute Gasteiger partial charge is 0.507 e. The number of nitrogens with one attached hydrogen (secondary N) is 2. The number of hydrogen-bond acceptors (Lipinski definition) is 5. The minimum atomic E-state index is -0.790. The molecule has 0 saturated heterocycles. The summed E-state index contributed by atoms with van der Waals surface area (Å²) in [4.78, 5) is 36.8. The average molecular weight is 441 g/mol. The molecule has 0 aromatic heterocycles. The maximum absolute atomic E-state index is 12.5. The molecule has 172 valence electrons. The van der Waals surface area contributed by atoms with Crippen LogP contribution in [0.5, 0.6) is 5.75 Å². The Hall–Kier alpha value is -3.35. The first-order valence-electron chi connectivity index (χ1n) is 10.7. The van der Waals surface area contributed by atoms with Crippen molar-refractivity contribution in [3.05, 3.63) is 58.1 Å². The Morgan fingerprint density at radius 2 is 1.59 bits per heavy atom. The summed E-state index contributed by atoms with van der Waals surface area (Å²) < 4.78 is 5.09. The fourth-order valence-corrected chi connectivity index (χ4v) is 3.24. The second kappa shape index (κ2) is 10.8. The van der Waals surface area contributed by atoms with Gasteiger partial charge in [-0.2, -0.15) is 0 Å². The van der Waals surface area contributed by atoms with Crippen LogP contribution in [0.25, 0.3) is 0 Å². The highest BCUT2D eigenvalue weighted by Gasteiger charge is 2.21. The molecule has 7 heteroatoms. The molecule has 0 aliphatic carbocycles. The highest BCUT2D eigenvalue weighted by Crippen LogP contribution is 2.33. The van der Waals surface area contributed by atoms with Gasteiger partial charge >= 0.3 is 5.97 Å². The highest BCUT2D eigenvalue weighted by atomic mass is 16.5. The van der Waals surface area contributed by atoms with Gasteiger partial charge in [0.2, 0.25) is 5.91 Å². The van der Waals surface area contributed by atoms with Gasteiger partial charge in [-0.05, 0) is 54.0 Å². The number of para-hydroxylation sites is 1. The van der Waals surface area contributed by atoms with Crippen molar-refractivity contribution in [3.8, 4) is 5.75 Å². The Bertz CT molecular complexity index is 991. The fraction of sp³-hybridized carbons (Fsp3) is 0.400. The van der Waals surface area contributed by atoms with Gasteiger partial charge in [-0.3, -0.25) is 9.59 Å². The third-order valence-electron chi connectivity index (χ3n) is 5.20. The summed E-state index contributed by atoms with van der Waals surface area (Å²) in [6.45, 7) is 10.8. The first-order valence-corrected chi connectivity index (χ1v) is 10.7. The van der Waals surface area contributed by atoms with Crippen molar-refractivity contribution >= 4 is 23.5 Å². The van der Waals surface area contributed by atoms with E-state index in [4.69, 9.17) is 4.74 Å². The number of aromatic hydroxyl groups is 1. The highest BCUT2D eigenvalue weighted by molar-refractivity contribution is 5.97. The number of ether oxygens (including phenoxy) is 1. The summed E-state index contributed by atoms with van der Waals surface area (Å²) >= 11 is 0. The van der Waals surface area contributed by atoms with E-state index >= 15 is 0 Å². The standard InChI is InChI=1S/C25H32N2O5/c1-14(2)18-10-19(15(3)4)24(30)20(11-18)25(31)32-13-22(29)26-12-21(28)27-23-16(5)8-7-9-17(23)6/h7-11,14-15,30H,12-13H2,1-6H3,(H,26,29)(H,27,28). The van der Waals surface area contributed by atoms with Crippen molar-refractivity contribution in [2.45, 2.75) is 53.4 Å². The molecule has 0 radical (unpaired) electrons. The minimum Gasteiger partial charge on any atom is -0.507 e. The van der Waals surface area contributed by atoms with Gasteiger partial charge in [0, 0.05) is 5.69 Å². The molecule has 2 aromatic carbocycles. The Balaban J connectivity index is 1.95. The SMILES string of the molecule is Cc1cccc(C)c1NC(=O)CNC(=O)COC(=O)c1cc(C(C)C)cc(C(C)C)c1O. The average Bonchev–Trinajstić information content (AvgIpc) is 2.73. The molecule has 0 saturated carbocycles. The van der Waals surface area contributed by atoms with Crippen LogP contribution in [0.4, 0.5) is 5.69 Å². The molecule has 32 heavy (non-hydrogen) atoms. The van der Waals surface area contributed by atoms with E-state index in [2.05, 4.69) is 10.6 Å². The number of amides is 2. The van der Waals surface area contributed by atoms with Crippen molar-refractivity contribution in [2.75, 3.05) is 18.5 Å². The molecule has 2 rings (SSSR count). The molecule has 0 unspecified atom stereocenters. The Morgan fingerprint density at radius 3 is 2.16 bits per heavy atom. The van der Waals surface area contributed by atoms with Crippen LogP contribution in [0.2, 0.25) is 0 Å². The lowest BCUT2D eigenvalue weighted by Gasteiger charge is -2.16. The first kappa shape index (κ1) is 24.9. The number of aryl methyl sites for hydroxylation is 2. The van der Waals surface area contributed by atoms with Gasteiger partial charge in [-0.25, -0.2) is 4.79 Å². The van der Waals surface area contributed by atoms with Crippen LogP contribution in [-0.4, -0.2) is 36.0 Å². The molecule has 2 aromatic rings. The van der Waals surface area contributed by atoms with Crippen molar-refractivity contribution in [1.82, 2.24) is 5.32 Å². The Kier molecular flexibility index (Phi) is 8.41.